The summed E-state index contributed by atoms with van der Waals surface area (Å²) in [5.41, 5.74) is 1.73. The van der Waals surface area contributed by atoms with Crippen LogP contribution in [-0.2, 0) is 11.3 Å². The van der Waals surface area contributed by atoms with Crippen LogP contribution in [0.4, 0.5) is 10.1 Å². The van der Waals surface area contributed by atoms with Crippen molar-refractivity contribution in [3.05, 3.63) is 66.8 Å². The summed E-state index contributed by atoms with van der Waals surface area (Å²) in [7, 11) is 4.58. The summed E-state index contributed by atoms with van der Waals surface area (Å²) in [5, 5.41) is 2.80. The highest BCUT2D eigenvalue weighted by Gasteiger charge is 2.27. The number of halogens is 1. The van der Waals surface area contributed by atoms with Gasteiger partial charge < -0.3 is 24.4 Å². The zero-order chi connectivity index (χ0) is 27.4. The van der Waals surface area contributed by atoms with Crippen molar-refractivity contribution < 1.29 is 23.4 Å². The fraction of sp³-hybridized carbons (Fsp3) is 0.357. The highest BCUT2D eigenvalue weighted by Crippen LogP contribution is 2.38. The second kappa shape index (κ2) is 11.8. The first-order chi connectivity index (χ1) is 18.3. The van der Waals surface area contributed by atoms with Crippen molar-refractivity contribution in [3.63, 3.8) is 0 Å². The molecule has 0 fully saturated rings. The molecule has 1 N–H and O–H groups in total. The summed E-state index contributed by atoms with van der Waals surface area (Å²) >= 11 is 1.21. The molecular weight excluding hydrogens is 509 g/mol. The number of methoxy groups -OCH3 is 3. The number of amides is 1. The summed E-state index contributed by atoms with van der Waals surface area (Å²) in [6.45, 7) is 7.25. The third-order valence-corrected chi connectivity index (χ3v) is 7.71. The maximum absolute atomic E-state index is 14.2. The second-order valence-corrected chi connectivity index (χ2v) is 9.76. The van der Waals surface area contributed by atoms with E-state index in [9.17, 15) is 14.0 Å². The van der Waals surface area contributed by atoms with E-state index in [-0.39, 0.29) is 11.5 Å². The molecule has 2 heterocycles. The fourth-order valence-corrected chi connectivity index (χ4v) is 5.78. The minimum absolute atomic E-state index is 0.219. The number of ether oxygens (including phenoxy) is 3. The third-order valence-electron chi connectivity index (χ3n) is 6.58. The molecule has 1 aromatic heterocycles. The Bertz CT molecular complexity index is 1500. The number of hydrogen-bond acceptors (Lipinski definition) is 7. The van der Waals surface area contributed by atoms with Gasteiger partial charge in [-0.1, -0.05) is 13.8 Å². The lowest BCUT2D eigenvalue weighted by molar-refractivity contribution is -0.110. The molecule has 0 radical (unpaired) electrons. The van der Waals surface area contributed by atoms with Gasteiger partial charge in [-0.05, 0) is 68.0 Å². The molecule has 0 saturated heterocycles. The van der Waals surface area contributed by atoms with Crippen LogP contribution in [0, 0.1) is 5.82 Å². The van der Waals surface area contributed by atoms with E-state index in [0.717, 1.165) is 26.1 Å². The molecule has 0 unspecified atom stereocenters. The van der Waals surface area contributed by atoms with Crippen molar-refractivity contribution in [2.45, 2.75) is 26.8 Å². The molecule has 202 valence electrons. The zero-order valence-electron chi connectivity index (χ0n) is 22.2. The third kappa shape index (κ3) is 5.32. The maximum atomic E-state index is 14.2. The Labute approximate surface area is 224 Å². The molecule has 38 heavy (non-hydrogen) atoms. The van der Waals surface area contributed by atoms with E-state index in [1.54, 1.807) is 22.8 Å². The van der Waals surface area contributed by atoms with Gasteiger partial charge in [0, 0.05) is 17.8 Å². The lowest BCUT2D eigenvalue weighted by Crippen LogP contribution is -2.34. The van der Waals surface area contributed by atoms with Crippen LogP contribution in [-0.4, -0.2) is 56.3 Å². The lowest BCUT2D eigenvalue weighted by Gasteiger charge is -2.17. The van der Waals surface area contributed by atoms with Gasteiger partial charge in [-0.25, -0.2) is 4.39 Å². The highest BCUT2D eigenvalue weighted by atomic mass is 32.1. The number of thiazole rings is 1. The number of nitrogens with zero attached hydrogens (tertiary/aromatic N) is 2. The van der Waals surface area contributed by atoms with Gasteiger partial charge in [0.1, 0.15) is 10.5 Å². The molecule has 3 aromatic rings. The van der Waals surface area contributed by atoms with Crippen molar-refractivity contribution in [3.8, 4) is 17.2 Å². The SMILES string of the molecule is CCN(CC)CCCn1c(=O)/c(=C\c2cc(OC)c(OC)c(OC)c2)s/c1=C1/C(=O)Nc2ccc(F)cc21. The van der Waals surface area contributed by atoms with Gasteiger partial charge in [-0.2, -0.15) is 0 Å². The van der Waals surface area contributed by atoms with Crippen LogP contribution in [0.1, 0.15) is 31.4 Å². The van der Waals surface area contributed by atoms with Gasteiger partial charge >= 0.3 is 0 Å². The summed E-state index contributed by atoms with van der Waals surface area (Å²) in [4.78, 5) is 29.0. The molecule has 10 heteroatoms. The Balaban J connectivity index is 1.93. The molecule has 0 atom stereocenters. The first-order valence-corrected chi connectivity index (χ1v) is 13.3. The second-order valence-electron chi connectivity index (χ2n) is 8.73. The van der Waals surface area contributed by atoms with E-state index in [0.29, 0.717) is 55.4 Å². The van der Waals surface area contributed by atoms with E-state index in [4.69, 9.17) is 14.2 Å². The van der Waals surface area contributed by atoms with Crippen LogP contribution in [0.25, 0.3) is 11.6 Å². The van der Waals surface area contributed by atoms with Crippen molar-refractivity contribution in [1.82, 2.24) is 9.47 Å². The molecule has 4 rings (SSSR count). The van der Waals surface area contributed by atoms with Gasteiger partial charge in [0.15, 0.2) is 11.5 Å². The standard InChI is InChI=1S/C28H32FN3O5S/c1-6-31(7-2)11-8-12-32-27(34)23(15-17-13-21(35-3)25(37-5)22(14-17)36-4)38-28(32)24-19-16-18(29)9-10-20(19)30-26(24)33/h9-10,13-16H,6-8,11-12H2,1-5H3,(H,30,33)/b23-15+,28-24+. The molecular formula is C28H32FN3O5S. The Morgan fingerprint density at radius 3 is 2.32 bits per heavy atom. The zero-order valence-corrected chi connectivity index (χ0v) is 23.0. The number of aromatic nitrogens is 1. The Morgan fingerprint density at radius 1 is 1.03 bits per heavy atom. The van der Waals surface area contributed by atoms with Crippen LogP contribution < -0.4 is 34.3 Å². The summed E-state index contributed by atoms with van der Waals surface area (Å²) in [5.74, 6) is 0.564. The highest BCUT2D eigenvalue weighted by molar-refractivity contribution is 7.07. The van der Waals surface area contributed by atoms with Crippen molar-refractivity contribution in [2.24, 2.45) is 0 Å². The van der Waals surface area contributed by atoms with E-state index >= 15 is 0 Å². The summed E-state index contributed by atoms with van der Waals surface area (Å²) in [6, 6.07) is 7.68. The lowest BCUT2D eigenvalue weighted by atomic mass is 10.1. The smallest absolute Gasteiger partial charge is 0.269 e. The van der Waals surface area contributed by atoms with Gasteiger partial charge in [0.2, 0.25) is 5.75 Å². The molecule has 8 nitrogen and oxygen atoms in total. The largest absolute Gasteiger partial charge is 0.493 e. The quantitative estimate of drug-likeness (QED) is 0.425. The van der Waals surface area contributed by atoms with Crippen molar-refractivity contribution in [1.29, 1.82) is 0 Å². The normalized spacial score (nSPS) is 14.6. The van der Waals surface area contributed by atoms with Crippen LogP contribution in [0.3, 0.4) is 0 Å². The first kappa shape index (κ1) is 27.4. The van der Waals surface area contributed by atoms with E-state index in [2.05, 4.69) is 24.1 Å². The molecule has 1 aliphatic rings. The predicted octanol–water partition coefficient (Wildman–Crippen LogP) is 2.79. The number of hydrogen-bond donors (Lipinski definition) is 1. The molecule has 0 bridgehead atoms. The van der Waals surface area contributed by atoms with Gasteiger partial charge in [0.25, 0.3) is 11.5 Å². The van der Waals surface area contributed by atoms with E-state index < -0.39 is 5.82 Å². The molecule has 2 aromatic carbocycles. The van der Waals surface area contributed by atoms with Crippen molar-refractivity contribution >= 4 is 34.6 Å². The molecule has 0 saturated carbocycles. The van der Waals surface area contributed by atoms with Crippen LogP contribution in [0.2, 0.25) is 0 Å². The van der Waals surface area contributed by atoms with Crippen LogP contribution in [0.15, 0.2) is 35.1 Å². The Morgan fingerprint density at radius 2 is 1.71 bits per heavy atom. The number of nitrogens with one attached hydrogen (secondary N) is 1. The van der Waals surface area contributed by atoms with Crippen LogP contribution in [0.5, 0.6) is 17.2 Å². The number of rotatable bonds is 10. The van der Waals surface area contributed by atoms with Crippen LogP contribution >= 0.6 is 11.3 Å². The molecule has 1 aliphatic heterocycles. The molecule has 0 aliphatic carbocycles. The summed E-state index contributed by atoms with van der Waals surface area (Å²) < 4.78 is 33.0. The number of carbonyl (C=O) groups excluding carboxylic acids is 1. The number of anilines is 1. The van der Waals surface area contributed by atoms with Crippen molar-refractivity contribution in [2.75, 3.05) is 46.3 Å². The van der Waals surface area contributed by atoms with Gasteiger partial charge in [-0.15, -0.1) is 11.3 Å². The van der Waals surface area contributed by atoms with E-state index in [1.807, 2.05) is 0 Å². The van der Waals surface area contributed by atoms with Gasteiger partial charge in [0.05, 0.1) is 31.4 Å². The molecule has 1 amide bonds. The minimum atomic E-state index is -0.450. The average molecular weight is 542 g/mol. The Kier molecular flexibility index (Phi) is 8.53. The monoisotopic (exact) mass is 541 g/mol. The average Bonchev–Trinajstić information content (AvgIpc) is 3.40. The van der Waals surface area contributed by atoms with Gasteiger partial charge in [-0.3, -0.25) is 14.2 Å². The number of fused-ring (bicyclic) bond motifs is 1. The number of carbonyl (C=O) groups is 1. The number of benzene rings is 2. The first-order valence-electron chi connectivity index (χ1n) is 12.4. The predicted molar refractivity (Wildman–Crippen MR) is 147 cm³/mol. The minimum Gasteiger partial charge on any atom is -0.493 e. The topological polar surface area (TPSA) is 82.0 Å². The maximum Gasteiger partial charge on any atom is 0.269 e. The Hall–Kier alpha value is -3.63. The summed E-state index contributed by atoms with van der Waals surface area (Å²) in [6.07, 6.45) is 2.46. The molecule has 0 spiro atoms. The fourth-order valence-electron chi connectivity index (χ4n) is 4.59. The van der Waals surface area contributed by atoms with E-state index in [1.165, 1.54) is 50.9 Å².